The van der Waals surface area contributed by atoms with E-state index in [1.165, 1.54) is 5.56 Å². The van der Waals surface area contributed by atoms with E-state index in [0.717, 1.165) is 11.4 Å². The Labute approximate surface area is 116 Å². The van der Waals surface area contributed by atoms with E-state index in [9.17, 15) is 0 Å². The smallest absolute Gasteiger partial charge is 0.0637 e. The number of ether oxygens (including phenoxy) is 1. The number of halogens is 1. The van der Waals surface area contributed by atoms with Gasteiger partial charge >= 0.3 is 0 Å². The van der Waals surface area contributed by atoms with Crippen LogP contribution in [0.3, 0.4) is 0 Å². The van der Waals surface area contributed by atoms with Crippen molar-refractivity contribution in [1.29, 1.82) is 0 Å². The molecule has 0 radical (unpaired) electrons. The van der Waals surface area contributed by atoms with Crippen molar-refractivity contribution in [1.82, 2.24) is 5.32 Å². The molecule has 18 heavy (non-hydrogen) atoms. The minimum Gasteiger partial charge on any atom is -0.379 e. The van der Waals surface area contributed by atoms with Crippen molar-refractivity contribution in [2.24, 2.45) is 0 Å². The van der Waals surface area contributed by atoms with Crippen LogP contribution in [0.5, 0.6) is 0 Å². The predicted octanol–water partition coefficient (Wildman–Crippen LogP) is 4.19. The summed E-state index contributed by atoms with van der Waals surface area (Å²) in [6, 6.07) is 8.69. The monoisotopic (exact) mass is 269 g/mol. The zero-order chi connectivity index (χ0) is 13.8. The lowest BCUT2D eigenvalue weighted by molar-refractivity contribution is 0.00782. The van der Waals surface area contributed by atoms with Crippen LogP contribution in [0.4, 0.5) is 0 Å². The van der Waals surface area contributed by atoms with Crippen LogP contribution >= 0.6 is 11.6 Å². The molecule has 0 aromatic heterocycles. The maximum atomic E-state index is 5.89. The van der Waals surface area contributed by atoms with Crippen LogP contribution in [0, 0.1) is 0 Å². The highest BCUT2D eigenvalue weighted by atomic mass is 35.5. The van der Waals surface area contributed by atoms with Crippen molar-refractivity contribution < 1.29 is 4.74 Å². The van der Waals surface area contributed by atoms with Crippen LogP contribution in [-0.2, 0) is 4.74 Å². The first-order chi connectivity index (χ1) is 8.34. The molecular weight excluding hydrogens is 246 g/mol. The van der Waals surface area contributed by atoms with Crippen LogP contribution in [0.15, 0.2) is 24.3 Å². The second kappa shape index (κ2) is 6.55. The molecule has 0 amide bonds. The summed E-state index contributed by atoms with van der Waals surface area (Å²) in [5, 5.41) is 4.36. The van der Waals surface area contributed by atoms with Crippen LogP contribution in [0.2, 0.25) is 5.02 Å². The molecule has 3 heteroatoms. The Hall–Kier alpha value is -0.570. The van der Waals surface area contributed by atoms with E-state index in [2.05, 4.69) is 45.1 Å². The average Bonchev–Trinajstić information content (AvgIpc) is 2.29. The Morgan fingerprint density at radius 1 is 1.22 bits per heavy atom. The maximum absolute atomic E-state index is 5.89. The molecule has 1 aromatic rings. The molecular formula is C15H24ClNO. The van der Waals surface area contributed by atoms with E-state index in [1.807, 2.05) is 12.1 Å². The van der Waals surface area contributed by atoms with Gasteiger partial charge in [0.15, 0.2) is 0 Å². The number of methoxy groups -OCH3 is 1. The van der Waals surface area contributed by atoms with E-state index in [-0.39, 0.29) is 5.60 Å². The molecule has 1 unspecified atom stereocenters. The molecule has 0 bridgehead atoms. The third-order valence-corrected chi connectivity index (χ3v) is 3.51. The van der Waals surface area contributed by atoms with Crippen LogP contribution in [-0.4, -0.2) is 18.8 Å². The Kier molecular flexibility index (Phi) is 5.64. The minimum absolute atomic E-state index is 0.0911. The lowest BCUT2D eigenvalue weighted by Gasteiger charge is -2.29. The number of benzene rings is 1. The second-order valence-electron chi connectivity index (χ2n) is 5.51. The molecule has 0 aliphatic heterocycles. The molecule has 0 saturated heterocycles. The summed E-state index contributed by atoms with van der Waals surface area (Å²) in [4.78, 5) is 0. The average molecular weight is 270 g/mol. The first-order valence-corrected chi connectivity index (χ1v) is 6.78. The van der Waals surface area contributed by atoms with Gasteiger partial charge in [-0.1, -0.05) is 23.7 Å². The van der Waals surface area contributed by atoms with Gasteiger partial charge in [-0.2, -0.15) is 0 Å². The largest absolute Gasteiger partial charge is 0.379 e. The van der Waals surface area contributed by atoms with Crippen molar-refractivity contribution >= 4 is 11.6 Å². The fraction of sp³-hybridized carbons (Fsp3) is 0.600. The lowest BCUT2D eigenvalue weighted by atomic mass is 9.98. The molecule has 0 saturated carbocycles. The van der Waals surface area contributed by atoms with Crippen molar-refractivity contribution in [3.05, 3.63) is 34.9 Å². The van der Waals surface area contributed by atoms with Gasteiger partial charge in [0.2, 0.25) is 0 Å². The van der Waals surface area contributed by atoms with Gasteiger partial charge in [-0.05, 0) is 51.8 Å². The summed E-state index contributed by atoms with van der Waals surface area (Å²) < 4.78 is 5.45. The van der Waals surface area contributed by atoms with Crippen molar-refractivity contribution in [3.8, 4) is 0 Å². The quantitative estimate of drug-likeness (QED) is 0.836. The highest BCUT2D eigenvalue weighted by Gasteiger charge is 2.21. The molecule has 1 N–H and O–H groups in total. The van der Waals surface area contributed by atoms with Gasteiger partial charge in [-0.3, -0.25) is 0 Å². The number of hydrogen-bond donors (Lipinski definition) is 1. The Balaban J connectivity index is 2.54. The van der Waals surface area contributed by atoms with E-state index >= 15 is 0 Å². The third kappa shape index (κ3) is 4.97. The zero-order valence-corrected chi connectivity index (χ0v) is 12.7. The van der Waals surface area contributed by atoms with Crippen molar-refractivity contribution in [3.63, 3.8) is 0 Å². The van der Waals surface area contributed by atoms with Crippen LogP contribution in [0.25, 0.3) is 0 Å². The predicted molar refractivity (Wildman–Crippen MR) is 78.2 cm³/mol. The molecule has 1 aromatic carbocycles. The maximum Gasteiger partial charge on any atom is 0.0637 e. The van der Waals surface area contributed by atoms with Gasteiger partial charge in [-0.15, -0.1) is 0 Å². The molecule has 0 aliphatic rings. The lowest BCUT2D eigenvalue weighted by Crippen LogP contribution is -2.36. The highest BCUT2D eigenvalue weighted by Crippen LogP contribution is 2.20. The summed E-state index contributed by atoms with van der Waals surface area (Å²) in [5.74, 6) is 0. The van der Waals surface area contributed by atoms with Crippen molar-refractivity contribution in [2.75, 3.05) is 7.11 Å². The highest BCUT2D eigenvalue weighted by molar-refractivity contribution is 6.30. The summed E-state index contributed by atoms with van der Waals surface area (Å²) in [6.07, 6.45) is 0.974. The summed E-state index contributed by atoms with van der Waals surface area (Å²) in [7, 11) is 1.76. The fourth-order valence-corrected chi connectivity index (χ4v) is 2.28. The normalized spacial score (nSPS) is 15.4. The molecule has 0 spiro atoms. The molecule has 0 heterocycles. The van der Waals surface area contributed by atoms with Gasteiger partial charge in [0.1, 0.15) is 0 Å². The molecule has 2 nitrogen and oxygen atoms in total. The van der Waals surface area contributed by atoms with E-state index in [1.54, 1.807) is 7.11 Å². The molecule has 0 fully saturated rings. The Bertz CT molecular complexity index is 361. The SMILES string of the molecule is COC(C)(C)CC(C)N[C@@H](C)c1ccc(Cl)cc1. The molecule has 2 atom stereocenters. The first-order valence-electron chi connectivity index (χ1n) is 6.41. The molecule has 102 valence electrons. The topological polar surface area (TPSA) is 21.3 Å². The van der Waals surface area contributed by atoms with E-state index in [4.69, 9.17) is 16.3 Å². The number of rotatable bonds is 6. The van der Waals surface area contributed by atoms with Crippen molar-refractivity contribution in [2.45, 2.75) is 51.8 Å². The third-order valence-electron chi connectivity index (χ3n) is 3.25. The van der Waals surface area contributed by atoms with Gasteiger partial charge in [0.05, 0.1) is 5.60 Å². The Morgan fingerprint density at radius 2 is 1.78 bits per heavy atom. The summed E-state index contributed by atoms with van der Waals surface area (Å²) in [6.45, 7) is 8.57. The second-order valence-corrected chi connectivity index (χ2v) is 5.95. The van der Waals surface area contributed by atoms with Gasteiger partial charge in [0, 0.05) is 24.2 Å². The standard InChI is InChI=1S/C15H24ClNO/c1-11(10-15(3,4)18-5)17-12(2)13-6-8-14(16)9-7-13/h6-9,11-12,17H,10H2,1-5H3/t11?,12-/m0/s1. The number of hydrogen-bond acceptors (Lipinski definition) is 2. The Morgan fingerprint density at radius 3 is 2.28 bits per heavy atom. The summed E-state index contributed by atoms with van der Waals surface area (Å²) in [5.41, 5.74) is 1.16. The van der Waals surface area contributed by atoms with Gasteiger partial charge < -0.3 is 10.1 Å². The first kappa shape index (κ1) is 15.5. The van der Waals surface area contributed by atoms with E-state index in [0.29, 0.717) is 12.1 Å². The van der Waals surface area contributed by atoms with Gasteiger partial charge in [0.25, 0.3) is 0 Å². The molecule has 0 aliphatic carbocycles. The zero-order valence-electron chi connectivity index (χ0n) is 12.0. The minimum atomic E-state index is -0.0911. The van der Waals surface area contributed by atoms with Gasteiger partial charge in [-0.25, -0.2) is 0 Å². The molecule has 1 rings (SSSR count). The number of nitrogens with one attached hydrogen (secondary N) is 1. The fourth-order valence-electron chi connectivity index (χ4n) is 2.15. The van der Waals surface area contributed by atoms with Crippen LogP contribution in [0.1, 0.15) is 45.7 Å². The summed E-state index contributed by atoms with van der Waals surface area (Å²) >= 11 is 5.89. The van der Waals surface area contributed by atoms with Crippen LogP contribution < -0.4 is 5.32 Å². The van der Waals surface area contributed by atoms with E-state index < -0.39 is 0 Å².